The number of hydrogen-bond acceptors (Lipinski definition) is 5. The Morgan fingerprint density at radius 1 is 1.24 bits per heavy atom. The van der Waals surface area contributed by atoms with Crippen LogP contribution in [0.3, 0.4) is 0 Å². The lowest BCUT2D eigenvalue weighted by molar-refractivity contribution is -0.385. The van der Waals surface area contributed by atoms with Crippen molar-refractivity contribution < 1.29 is 14.5 Å². The van der Waals surface area contributed by atoms with Crippen molar-refractivity contribution in [2.75, 3.05) is 6.61 Å². The van der Waals surface area contributed by atoms with Crippen molar-refractivity contribution in [1.82, 2.24) is 4.98 Å². The quantitative estimate of drug-likeness (QED) is 0.479. The zero-order valence-electron chi connectivity index (χ0n) is 11.0. The zero-order chi connectivity index (χ0) is 15.1. The number of nitrogens with zero attached hydrogens (tertiary/aromatic N) is 2. The summed E-state index contributed by atoms with van der Waals surface area (Å²) in [7, 11) is 0. The molecule has 0 N–H and O–H groups in total. The standard InChI is InChI=1S/C15H12N2O4/c18-15(14-9-8-13(11-16-14)17(19)20)21-10-4-7-12-5-2-1-3-6-12/h1-9,11H,10H2. The van der Waals surface area contributed by atoms with Crippen LogP contribution < -0.4 is 0 Å². The van der Waals surface area contributed by atoms with Gasteiger partial charge in [-0.2, -0.15) is 0 Å². The van der Waals surface area contributed by atoms with Gasteiger partial charge in [-0.05, 0) is 17.7 Å². The molecule has 106 valence electrons. The fraction of sp³-hybridized carbons (Fsp3) is 0.0667. The normalized spacial score (nSPS) is 10.5. The first-order chi connectivity index (χ1) is 10.2. The Labute approximate surface area is 120 Å². The molecule has 2 rings (SSSR count). The molecule has 6 heteroatoms. The molecule has 0 fully saturated rings. The average Bonchev–Trinajstić information content (AvgIpc) is 2.52. The number of carbonyl (C=O) groups excluding carboxylic acids is 1. The smallest absolute Gasteiger partial charge is 0.357 e. The van der Waals surface area contributed by atoms with Crippen molar-refractivity contribution in [3.8, 4) is 0 Å². The molecule has 0 aliphatic heterocycles. The first kappa shape index (κ1) is 14.4. The summed E-state index contributed by atoms with van der Waals surface area (Å²) in [5, 5.41) is 10.5. The Hall–Kier alpha value is -3.02. The molecule has 0 atom stereocenters. The van der Waals surface area contributed by atoms with E-state index >= 15 is 0 Å². The summed E-state index contributed by atoms with van der Waals surface area (Å²) in [6.45, 7) is 0.104. The molecule has 0 amide bonds. The van der Waals surface area contributed by atoms with Crippen LogP contribution >= 0.6 is 0 Å². The average molecular weight is 284 g/mol. The van der Waals surface area contributed by atoms with Crippen LogP contribution in [0.25, 0.3) is 6.08 Å². The third kappa shape index (κ3) is 4.24. The molecule has 0 aliphatic rings. The van der Waals surface area contributed by atoms with Crippen molar-refractivity contribution in [3.05, 3.63) is 76.1 Å². The predicted octanol–water partition coefficient (Wildman–Crippen LogP) is 2.86. The molecular weight excluding hydrogens is 272 g/mol. The number of esters is 1. The largest absolute Gasteiger partial charge is 0.457 e. The third-order valence-corrected chi connectivity index (χ3v) is 2.59. The summed E-state index contributed by atoms with van der Waals surface area (Å²) in [6, 6.07) is 12.1. The Morgan fingerprint density at radius 2 is 2.00 bits per heavy atom. The van der Waals surface area contributed by atoms with E-state index in [0.717, 1.165) is 11.8 Å². The van der Waals surface area contributed by atoms with Crippen LogP contribution in [0.15, 0.2) is 54.7 Å². The highest BCUT2D eigenvalue weighted by molar-refractivity contribution is 5.87. The Morgan fingerprint density at radius 3 is 2.62 bits per heavy atom. The number of ether oxygens (including phenoxy) is 1. The van der Waals surface area contributed by atoms with Gasteiger partial charge in [0.15, 0.2) is 0 Å². The first-order valence-corrected chi connectivity index (χ1v) is 6.16. The second-order valence-corrected chi connectivity index (χ2v) is 4.07. The van der Waals surface area contributed by atoms with Gasteiger partial charge in [-0.15, -0.1) is 0 Å². The number of hydrogen-bond donors (Lipinski definition) is 0. The SMILES string of the molecule is O=C(OCC=Cc1ccccc1)c1ccc([N+](=O)[O-])cn1. The molecule has 0 spiro atoms. The summed E-state index contributed by atoms with van der Waals surface area (Å²) in [5.41, 5.74) is 0.867. The Bertz CT molecular complexity index is 651. The second-order valence-electron chi connectivity index (χ2n) is 4.07. The lowest BCUT2D eigenvalue weighted by Gasteiger charge is -2.00. The fourth-order valence-electron chi connectivity index (χ4n) is 1.56. The summed E-state index contributed by atoms with van der Waals surface area (Å²) < 4.78 is 4.99. The third-order valence-electron chi connectivity index (χ3n) is 2.59. The molecule has 0 unspecified atom stereocenters. The van der Waals surface area contributed by atoms with E-state index in [-0.39, 0.29) is 18.0 Å². The highest BCUT2D eigenvalue weighted by Gasteiger charge is 2.11. The molecule has 0 aliphatic carbocycles. The van der Waals surface area contributed by atoms with Gasteiger partial charge in [-0.1, -0.05) is 36.4 Å². The summed E-state index contributed by atoms with van der Waals surface area (Å²) in [4.78, 5) is 25.2. The number of rotatable bonds is 5. The van der Waals surface area contributed by atoms with Gasteiger partial charge in [0.1, 0.15) is 18.5 Å². The zero-order valence-corrected chi connectivity index (χ0v) is 11.0. The maximum atomic E-state index is 11.6. The van der Waals surface area contributed by atoms with Gasteiger partial charge >= 0.3 is 5.97 Å². The Kier molecular flexibility index (Phi) is 4.76. The van der Waals surface area contributed by atoms with Crippen LogP contribution in [0.5, 0.6) is 0 Å². The highest BCUT2D eigenvalue weighted by Crippen LogP contribution is 2.09. The van der Waals surface area contributed by atoms with Gasteiger partial charge in [0.2, 0.25) is 0 Å². The van der Waals surface area contributed by atoms with E-state index in [4.69, 9.17) is 4.74 Å². The highest BCUT2D eigenvalue weighted by atomic mass is 16.6. The molecule has 0 radical (unpaired) electrons. The topological polar surface area (TPSA) is 82.3 Å². The van der Waals surface area contributed by atoms with Crippen LogP contribution in [-0.4, -0.2) is 22.5 Å². The fourth-order valence-corrected chi connectivity index (χ4v) is 1.56. The van der Waals surface area contributed by atoms with E-state index in [2.05, 4.69) is 4.98 Å². The number of benzene rings is 1. The van der Waals surface area contributed by atoms with Crippen LogP contribution in [0.4, 0.5) is 5.69 Å². The van der Waals surface area contributed by atoms with Crippen molar-refractivity contribution in [2.45, 2.75) is 0 Å². The van der Waals surface area contributed by atoms with Gasteiger partial charge in [0.05, 0.1) is 4.92 Å². The van der Waals surface area contributed by atoms with Crippen molar-refractivity contribution in [3.63, 3.8) is 0 Å². The van der Waals surface area contributed by atoms with Crippen LogP contribution in [0, 0.1) is 10.1 Å². The lowest BCUT2D eigenvalue weighted by Crippen LogP contribution is -2.07. The maximum Gasteiger partial charge on any atom is 0.357 e. The summed E-state index contributed by atoms with van der Waals surface area (Å²) in [6.07, 6.45) is 4.56. The van der Waals surface area contributed by atoms with E-state index in [1.807, 2.05) is 36.4 Å². The lowest BCUT2D eigenvalue weighted by atomic mass is 10.2. The van der Waals surface area contributed by atoms with Crippen molar-refractivity contribution in [1.29, 1.82) is 0 Å². The van der Waals surface area contributed by atoms with Gasteiger partial charge in [-0.3, -0.25) is 10.1 Å². The van der Waals surface area contributed by atoms with Crippen LogP contribution in [-0.2, 0) is 4.74 Å². The first-order valence-electron chi connectivity index (χ1n) is 6.16. The molecule has 1 heterocycles. The van der Waals surface area contributed by atoms with Gasteiger partial charge in [0.25, 0.3) is 5.69 Å². The monoisotopic (exact) mass is 284 g/mol. The minimum absolute atomic E-state index is 0.0358. The molecule has 2 aromatic rings. The molecule has 0 saturated carbocycles. The van der Waals surface area contributed by atoms with E-state index in [9.17, 15) is 14.9 Å². The van der Waals surface area contributed by atoms with Crippen LogP contribution in [0.1, 0.15) is 16.1 Å². The van der Waals surface area contributed by atoms with E-state index in [1.165, 1.54) is 12.1 Å². The minimum atomic E-state index is -0.623. The van der Waals surface area contributed by atoms with E-state index in [0.29, 0.717) is 0 Å². The van der Waals surface area contributed by atoms with E-state index in [1.54, 1.807) is 6.08 Å². The predicted molar refractivity (Wildman–Crippen MR) is 76.6 cm³/mol. The maximum absolute atomic E-state index is 11.6. The minimum Gasteiger partial charge on any atom is -0.457 e. The van der Waals surface area contributed by atoms with Gasteiger partial charge in [-0.25, -0.2) is 9.78 Å². The molecule has 21 heavy (non-hydrogen) atoms. The molecule has 1 aromatic carbocycles. The van der Waals surface area contributed by atoms with Crippen molar-refractivity contribution >= 4 is 17.7 Å². The second kappa shape index (κ2) is 6.95. The molecule has 0 bridgehead atoms. The molecular formula is C15H12N2O4. The number of carbonyl (C=O) groups is 1. The molecule has 0 saturated heterocycles. The van der Waals surface area contributed by atoms with Gasteiger partial charge in [0, 0.05) is 6.07 Å². The number of nitro groups is 1. The summed E-state index contributed by atoms with van der Waals surface area (Å²) in [5.74, 6) is -0.623. The molecule has 6 nitrogen and oxygen atoms in total. The number of pyridine rings is 1. The molecule has 1 aromatic heterocycles. The van der Waals surface area contributed by atoms with E-state index < -0.39 is 10.9 Å². The van der Waals surface area contributed by atoms with Crippen molar-refractivity contribution in [2.24, 2.45) is 0 Å². The van der Waals surface area contributed by atoms with Gasteiger partial charge < -0.3 is 4.74 Å². The van der Waals surface area contributed by atoms with Crippen LogP contribution in [0.2, 0.25) is 0 Å². The number of aromatic nitrogens is 1. The Balaban J connectivity index is 1.87. The summed E-state index contributed by atoms with van der Waals surface area (Å²) >= 11 is 0.